The molecule has 1 saturated heterocycles. The minimum absolute atomic E-state index is 0.00632. The van der Waals surface area contributed by atoms with Crippen LogP contribution in [0.3, 0.4) is 0 Å². The maximum Gasteiger partial charge on any atom is 0.257 e. The van der Waals surface area contributed by atoms with Gasteiger partial charge >= 0.3 is 0 Å². The number of aromatic nitrogens is 3. The molecule has 0 radical (unpaired) electrons. The van der Waals surface area contributed by atoms with Crippen molar-refractivity contribution in [1.29, 1.82) is 0 Å². The largest absolute Gasteiger partial charge is 0.494 e. The Morgan fingerprint density at radius 3 is 2.35 bits per heavy atom. The Hall–Kier alpha value is -4.93. The number of aryl methyl sites for hydroxylation is 1. The fourth-order valence-corrected chi connectivity index (χ4v) is 10.1. The van der Waals surface area contributed by atoms with Crippen molar-refractivity contribution < 1.29 is 14.3 Å². The second kappa shape index (κ2) is 12.9. The lowest BCUT2D eigenvalue weighted by Crippen LogP contribution is -2.52. The van der Waals surface area contributed by atoms with Crippen LogP contribution in [0.2, 0.25) is 0 Å². The van der Waals surface area contributed by atoms with Crippen molar-refractivity contribution in [3.8, 4) is 11.4 Å². The van der Waals surface area contributed by atoms with Crippen molar-refractivity contribution in [2.45, 2.75) is 64.7 Å². The summed E-state index contributed by atoms with van der Waals surface area (Å²) in [6, 6.07) is 14.9. The third kappa shape index (κ3) is 6.28. The summed E-state index contributed by atoms with van der Waals surface area (Å²) < 4.78 is 7.38. The standard InChI is InChI=1S/C41H47N7O4/c1-25-14-36(49)48(32-5-3-4-30(18-32)43-39(51)29-6-7-29)38-33(25)24-42-40(45-38)44-34-9-8-31(19-35(34)52-2)46-10-12-47(13-11-46)37(50)23-41-20-26-15-27(21-41)17-28(16-26)22-41/h3-5,8-9,14,18-19,24,26-29H,6-7,10-13,15-17,20-23H2,1-2H3,(H,43,51)(H,42,44,45). The molecule has 270 valence electrons. The maximum atomic E-state index is 13.6. The highest BCUT2D eigenvalue weighted by Crippen LogP contribution is 2.61. The summed E-state index contributed by atoms with van der Waals surface area (Å²) in [6.45, 7) is 4.89. The number of ether oxygens (including phenoxy) is 1. The van der Waals surface area contributed by atoms with Crippen LogP contribution >= 0.6 is 0 Å². The summed E-state index contributed by atoms with van der Waals surface area (Å²) in [5, 5.41) is 7.03. The highest BCUT2D eigenvalue weighted by atomic mass is 16.5. The van der Waals surface area contributed by atoms with Gasteiger partial charge in [-0.2, -0.15) is 4.98 Å². The van der Waals surface area contributed by atoms with E-state index in [0.717, 1.165) is 79.8 Å². The smallest absolute Gasteiger partial charge is 0.257 e. The predicted molar refractivity (Wildman–Crippen MR) is 202 cm³/mol. The predicted octanol–water partition coefficient (Wildman–Crippen LogP) is 6.44. The lowest BCUT2D eigenvalue weighted by molar-refractivity contribution is -0.139. The number of anilines is 4. The average molecular weight is 702 g/mol. The molecule has 5 aliphatic carbocycles. The Kier molecular flexibility index (Phi) is 8.19. The van der Waals surface area contributed by atoms with Crippen molar-refractivity contribution >= 4 is 45.9 Å². The number of amides is 2. The third-order valence-corrected chi connectivity index (χ3v) is 12.4. The topological polar surface area (TPSA) is 122 Å². The molecule has 10 rings (SSSR count). The van der Waals surface area contributed by atoms with Crippen LogP contribution in [0.5, 0.6) is 5.75 Å². The number of pyridine rings is 1. The van der Waals surface area contributed by atoms with E-state index in [1.54, 1.807) is 30.0 Å². The molecule has 52 heavy (non-hydrogen) atoms. The van der Waals surface area contributed by atoms with Crippen LogP contribution in [0.15, 0.2) is 59.5 Å². The first kappa shape index (κ1) is 32.9. The number of carbonyl (C=O) groups excluding carboxylic acids is 2. The molecule has 0 atom stereocenters. The van der Waals surface area contributed by atoms with E-state index in [4.69, 9.17) is 9.72 Å². The normalized spacial score (nSPS) is 25.0. The number of hydrogen-bond donors (Lipinski definition) is 2. The summed E-state index contributed by atoms with van der Waals surface area (Å²) in [5.74, 6) is 3.97. The zero-order chi connectivity index (χ0) is 35.6. The lowest BCUT2D eigenvalue weighted by Gasteiger charge is -2.57. The summed E-state index contributed by atoms with van der Waals surface area (Å²) in [4.78, 5) is 53.3. The zero-order valence-corrected chi connectivity index (χ0v) is 30.1. The first-order valence-electron chi connectivity index (χ1n) is 19.0. The van der Waals surface area contributed by atoms with Gasteiger partial charge in [0.15, 0.2) is 5.65 Å². The first-order valence-corrected chi connectivity index (χ1v) is 19.0. The van der Waals surface area contributed by atoms with Crippen LogP contribution < -0.4 is 25.8 Å². The van der Waals surface area contributed by atoms with E-state index in [9.17, 15) is 14.4 Å². The lowest BCUT2D eigenvalue weighted by atomic mass is 9.49. The zero-order valence-electron chi connectivity index (χ0n) is 30.1. The molecular weight excluding hydrogens is 654 g/mol. The van der Waals surface area contributed by atoms with Gasteiger partial charge in [-0.15, -0.1) is 0 Å². The number of benzene rings is 2. The van der Waals surface area contributed by atoms with Gasteiger partial charge in [-0.05, 0) is 117 Å². The average Bonchev–Trinajstić information content (AvgIpc) is 3.98. The number of nitrogens with zero attached hydrogens (tertiary/aromatic N) is 5. The SMILES string of the molecule is COc1cc(N2CCN(C(=O)CC34CC5CC(CC(C5)C3)C4)CC2)ccc1Nc1ncc2c(C)cc(=O)n(-c3cccc(NC(=O)C4CC4)c3)c2n1. The molecule has 0 unspecified atom stereocenters. The molecule has 1 aliphatic heterocycles. The maximum absolute atomic E-state index is 13.6. The van der Waals surface area contributed by atoms with Gasteiger partial charge in [0, 0.05) is 73.6 Å². The molecular formula is C41H47N7O4. The Balaban J connectivity index is 0.899. The molecule has 0 spiro atoms. The van der Waals surface area contributed by atoms with Gasteiger partial charge in [0.1, 0.15) is 5.75 Å². The Morgan fingerprint density at radius 2 is 1.65 bits per heavy atom. The number of rotatable bonds is 9. The number of piperazine rings is 1. The van der Waals surface area contributed by atoms with Crippen LogP contribution in [0.1, 0.15) is 63.4 Å². The third-order valence-electron chi connectivity index (χ3n) is 12.4. The molecule has 4 bridgehead atoms. The van der Waals surface area contributed by atoms with Crippen molar-refractivity contribution in [3.63, 3.8) is 0 Å². The Morgan fingerprint density at radius 1 is 0.923 bits per heavy atom. The number of hydrogen-bond acceptors (Lipinski definition) is 8. The summed E-state index contributed by atoms with van der Waals surface area (Å²) in [5.41, 5.74) is 4.24. The second-order valence-corrected chi connectivity index (χ2v) is 16.2. The molecule has 2 N–H and O–H groups in total. The van der Waals surface area contributed by atoms with Crippen molar-refractivity contribution in [2.24, 2.45) is 29.1 Å². The molecule has 6 fully saturated rings. The van der Waals surface area contributed by atoms with E-state index in [1.165, 1.54) is 38.5 Å². The fourth-order valence-electron chi connectivity index (χ4n) is 10.1. The van der Waals surface area contributed by atoms with E-state index >= 15 is 0 Å². The van der Waals surface area contributed by atoms with Gasteiger partial charge in [-0.25, -0.2) is 4.98 Å². The van der Waals surface area contributed by atoms with E-state index in [-0.39, 0.29) is 22.8 Å². The van der Waals surface area contributed by atoms with Gasteiger partial charge in [0.05, 0.1) is 18.5 Å². The highest BCUT2D eigenvalue weighted by Gasteiger charge is 2.51. The van der Waals surface area contributed by atoms with Crippen LogP contribution in [0.25, 0.3) is 16.7 Å². The molecule has 6 aliphatic rings. The van der Waals surface area contributed by atoms with Crippen LogP contribution in [-0.4, -0.2) is 64.5 Å². The molecule has 2 amide bonds. The molecule has 5 saturated carbocycles. The van der Waals surface area contributed by atoms with Crippen LogP contribution in [0, 0.1) is 36.0 Å². The molecule has 2 aromatic carbocycles. The molecule has 4 aromatic rings. The van der Waals surface area contributed by atoms with Gasteiger partial charge in [-0.1, -0.05) is 6.07 Å². The minimum atomic E-state index is -0.225. The summed E-state index contributed by atoms with van der Waals surface area (Å²) in [6.07, 6.45) is 12.3. The van der Waals surface area contributed by atoms with Gasteiger partial charge in [0.25, 0.3) is 5.56 Å². The Bertz CT molecular complexity index is 2080. The first-order chi connectivity index (χ1) is 25.2. The monoisotopic (exact) mass is 701 g/mol. The van der Waals surface area contributed by atoms with E-state index in [0.29, 0.717) is 40.3 Å². The van der Waals surface area contributed by atoms with Gasteiger partial charge in [0.2, 0.25) is 17.8 Å². The second-order valence-electron chi connectivity index (χ2n) is 16.2. The molecule has 11 nitrogen and oxygen atoms in total. The minimum Gasteiger partial charge on any atom is -0.494 e. The highest BCUT2D eigenvalue weighted by molar-refractivity contribution is 5.94. The summed E-state index contributed by atoms with van der Waals surface area (Å²) >= 11 is 0. The quantitative estimate of drug-likeness (QED) is 0.205. The van der Waals surface area contributed by atoms with Crippen molar-refractivity contribution in [2.75, 3.05) is 48.8 Å². The van der Waals surface area contributed by atoms with Gasteiger partial charge in [-0.3, -0.25) is 19.0 Å². The van der Waals surface area contributed by atoms with Crippen LogP contribution in [0.4, 0.5) is 23.0 Å². The summed E-state index contributed by atoms with van der Waals surface area (Å²) in [7, 11) is 1.64. The van der Waals surface area contributed by atoms with Crippen LogP contribution in [-0.2, 0) is 9.59 Å². The van der Waals surface area contributed by atoms with E-state index < -0.39 is 0 Å². The molecule has 11 heteroatoms. The Labute approximate surface area is 303 Å². The number of methoxy groups -OCH3 is 1. The number of carbonyl (C=O) groups is 2. The molecule has 2 aromatic heterocycles. The van der Waals surface area contributed by atoms with Crippen molar-refractivity contribution in [3.05, 3.63) is 70.6 Å². The van der Waals surface area contributed by atoms with Crippen molar-refractivity contribution in [1.82, 2.24) is 19.4 Å². The number of nitrogens with one attached hydrogen (secondary N) is 2. The van der Waals surface area contributed by atoms with Gasteiger partial charge < -0.3 is 25.2 Å². The molecule has 3 heterocycles. The van der Waals surface area contributed by atoms with E-state index in [1.807, 2.05) is 37.3 Å². The number of fused-ring (bicyclic) bond motifs is 1. The van der Waals surface area contributed by atoms with E-state index in [2.05, 4.69) is 31.5 Å². The fraction of sp³-hybridized carbons (Fsp3) is 0.488.